The summed E-state index contributed by atoms with van der Waals surface area (Å²) in [5.74, 6) is 0.731. The van der Waals surface area contributed by atoms with Crippen LogP contribution in [0.15, 0.2) is 0 Å². The van der Waals surface area contributed by atoms with Crippen LogP contribution in [0.2, 0.25) is 0 Å². The lowest BCUT2D eigenvalue weighted by atomic mass is 9.79. The zero-order valence-electron chi connectivity index (χ0n) is 5.42. The van der Waals surface area contributed by atoms with E-state index in [1.54, 1.807) is 0 Å². The van der Waals surface area contributed by atoms with Crippen LogP contribution in [0.25, 0.3) is 0 Å². The Morgan fingerprint density at radius 2 is 2.00 bits per heavy atom. The summed E-state index contributed by atoms with van der Waals surface area (Å²) in [6.45, 7) is 0.331. The predicted molar refractivity (Wildman–Crippen MR) is 39.7 cm³/mol. The van der Waals surface area contributed by atoms with E-state index in [2.05, 4.69) is 0 Å². The van der Waals surface area contributed by atoms with Crippen LogP contribution < -0.4 is 5.73 Å². The average Bonchev–Trinajstić information content (AvgIpc) is 1.64. The molecule has 0 bridgehead atoms. The van der Waals surface area contributed by atoms with E-state index in [4.69, 9.17) is 10.8 Å². The Morgan fingerprint density at radius 3 is 2.33 bits per heavy atom. The molecule has 9 heavy (non-hydrogen) atoms. The van der Waals surface area contributed by atoms with Crippen LogP contribution in [0, 0.1) is 5.92 Å². The fourth-order valence-electron chi connectivity index (χ4n) is 1.21. The highest BCUT2D eigenvalue weighted by Gasteiger charge is 2.24. The van der Waals surface area contributed by atoms with E-state index in [1.807, 2.05) is 0 Å². The molecule has 0 saturated heterocycles. The first kappa shape index (κ1) is 9.21. The quantitative estimate of drug-likeness (QED) is 0.605. The number of aliphatic hydroxyl groups is 1. The van der Waals surface area contributed by atoms with Crippen LogP contribution in [0.4, 0.5) is 0 Å². The minimum Gasteiger partial charge on any atom is -0.396 e. The van der Waals surface area contributed by atoms with E-state index in [0.717, 1.165) is 25.2 Å². The molecule has 0 radical (unpaired) electrons. The number of nitrogens with two attached hydrogens (primary N) is 1. The molecule has 2 nitrogen and oxygen atoms in total. The smallest absolute Gasteiger partial charge is 0.0433 e. The maximum atomic E-state index is 8.45. The second kappa shape index (κ2) is 4.09. The first-order chi connectivity index (χ1) is 3.83. The second-order valence-corrected chi connectivity index (χ2v) is 2.61. The fraction of sp³-hybridized carbons (Fsp3) is 1.00. The van der Waals surface area contributed by atoms with Gasteiger partial charge in [0.1, 0.15) is 0 Å². The third kappa shape index (κ3) is 2.52. The predicted octanol–water partition coefficient (Wildman–Crippen LogP) is 0.528. The van der Waals surface area contributed by atoms with Gasteiger partial charge in [-0.15, -0.1) is 12.4 Å². The Morgan fingerprint density at radius 1 is 1.44 bits per heavy atom. The van der Waals surface area contributed by atoms with Crippen molar-refractivity contribution in [1.82, 2.24) is 0 Å². The Hall–Kier alpha value is 0.210. The molecule has 1 aliphatic carbocycles. The molecule has 0 atom stereocenters. The minimum atomic E-state index is 0. The van der Waals surface area contributed by atoms with E-state index >= 15 is 0 Å². The van der Waals surface area contributed by atoms with E-state index in [-0.39, 0.29) is 12.4 Å². The summed E-state index contributed by atoms with van der Waals surface area (Å²) in [5.41, 5.74) is 5.52. The van der Waals surface area contributed by atoms with Crippen LogP contribution in [0.1, 0.15) is 19.3 Å². The number of halogens is 1. The first-order valence-corrected chi connectivity index (χ1v) is 3.19. The molecule has 0 aromatic carbocycles. The van der Waals surface area contributed by atoms with E-state index in [1.165, 1.54) is 0 Å². The number of rotatable bonds is 2. The number of aliphatic hydroxyl groups excluding tert-OH is 1. The van der Waals surface area contributed by atoms with Gasteiger partial charge in [-0.1, -0.05) is 0 Å². The summed E-state index contributed by atoms with van der Waals surface area (Å²) < 4.78 is 0. The molecular weight excluding hydrogens is 138 g/mol. The van der Waals surface area contributed by atoms with Crippen LogP contribution >= 0.6 is 12.4 Å². The van der Waals surface area contributed by atoms with Crippen molar-refractivity contribution < 1.29 is 5.11 Å². The first-order valence-electron chi connectivity index (χ1n) is 3.19. The van der Waals surface area contributed by atoms with Gasteiger partial charge in [-0.25, -0.2) is 0 Å². The van der Waals surface area contributed by atoms with E-state index in [9.17, 15) is 0 Å². The summed E-state index contributed by atoms with van der Waals surface area (Å²) in [4.78, 5) is 0. The molecule has 1 saturated carbocycles. The van der Waals surface area contributed by atoms with Gasteiger partial charge in [0.2, 0.25) is 0 Å². The second-order valence-electron chi connectivity index (χ2n) is 2.61. The molecular formula is C6H14ClNO. The van der Waals surface area contributed by atoms with Gasteiger partial charge in [-0.2, -0.15) is 0 Å². The van der Waals surface area contributed by atoms with Gasteiger partial charge in [0.25, 0.3) is 0 Å². The monoisotopic (exact) mass is 151 g/mol. The highest BCUT2D eigenvalue weighted by molar-refractivity contribution is 5.85. The lowest BCUT2D eigenvalue weighted by Gasteiger charge is -2.31. The Labute approximate surface area is 61.8 Å². The highest BCUT2D eigenvalue weighted by atomic mass is 35.5. The van der Waals surface area contributed by atoms with Crippen molar-refractivity contribution in [2.24, 2.45) is 11.7 Å². The number of hydrogen-bond donors (Lipinski definition) is 2. The summed E-state index contributed by atoms with van der Waals surface area (Å²) in [7, 11) is 0. The van der Waals surface area contributed by atoms with Crippen LogP contribution in [-0.2, 0) is 0 Å². The van der Waals surface area contributed by atoms with Crippen molar-refractivity contribution in [2.75, 3.05) is 6.61 Å². The summed E-state index contributed by atoms with van der Waals surface area (Å²) in [5, 5.41) is 8.45. The third-order valence-electron chi connectivity index (χ3n) is 1.81. The average molecular weight is 152 g/mol. The van der Waals surface area contributed by atoms with Gasteiger partial charge in [-0.05, 0) is 25.2 Å². The van der Waals surface area contributed by atoms with Crippen molar-refractivity contribution in [3.8, 4) is 0 Å². The van der Waals surface area contributed by atoms with Gasteiger partial charge >= 0.3 is 0 Å². The molecule has 3 heteroatoms. The minimum absolute atomic E-state index is 0. The summed E-state index contributed by atoms with van der Waals surface area (Å²) in [6, 6.07) is 0.437. The lowest BCUT2D eigenvalue weighted by molar-refractivity contribution is 0.188. The lowest BCUT2D eigenvalue weighted by Crippen LogP contribution is -2.36. The van der Waals surface area contributed by atoms with E-state index < -0.39 is 0 Å². The molecule has 1 aliphatic rings. The molecule has 0 aliphatic heterocycles. The Balaban J connectivity index is 0.000000640. The fourth-order valence-corrected chi connectivity index (χ4v) is 1.21. The molecule has 1 fully saturated rings. The standard InChI is InChI=1S/C6H13NO.ClH/c7-6-3-5(4-6)1-2-8;/h5-6,8H,1-4,7H2;1H. The molecule has 0 unspecified atom stereocenters. The van der Waals surface area contributed by atoms with Gasteiger partial charge < -0.3 is 10.8 Å². The maximum Gasteiger partial charge on any atom is 0.0433 e. The van der Waals surface area contributed by atoms with Crippen molar-refractivity contribution >= 4 is 12.4 Å². The molecule has 0 heterocycles. The van der Waals surface area contributed by atoms with Gasteiger partial charge in [0.05, 0.1) is 0 Å². The maximum absolute atomic E-state index is 8.45. The largest absolute Gasteiger partial charge is 0.396 e. The normalized spacial score (nSPS) is 32.7. The van der Waals surface area contributed by atoms with Crippen LogP contribution in [0.3, 0.4) is 0 Å². The highest BCUT2D eigenvalue weighted by Crippen LogP contribution is 2.27. The Bertz CT molecular complexity index is 70.7. The van der Waals surface area contributed by atoms with Gasteiger partial charge in [-0.3, -0.25) is 0 Å². The molecule has 0 aromatic rings. The third-order valence-corrected chi connectivity index (χ3v) is 1.81. The molecule has 0 amide bonds. The molecule has 0 spiro atoms. The van der Waals surface area contributed by atoms with Crippen molar-refractivity contribution in [1.29, 1.82) is 0 Å². The van der Waals surface area contributed by atoms with E-state index in [0.29, 0.717) is 12.6 Å². The zero-order chi connectivity index (χ0) is 5.98. The van der Waals surface area contributed by atoms with Crippen molar-refractivity contribution in [3.05, 3.63) is 0 Å². The van der Waals surface area contributed by atoms with Crippen LogP contribution in [-0.4, -0.2) is 17.8 Å². The summed E-state index contributed by atoms with van der Waals surface area (Å²) in [6.07, 6.45) is 3.20. The molecule has 56 valence electrons. The zero-order valence-corrected chi connectivity index (χ0v) is 6.23. The van der Waals surface area contributed by atoms with Gasteiger partial charge in [0, 0.05) is 12.6 Å². The molecule has 1 rings (SSSR count). The topological polar surface area (TPSA) is 46.2 Å². The number of hydrogen-bond acceptors (Lipinski definition) is 2. The summed E-state index contributed by atoms with van der Waals surface area (Å²) >= 11 is 0. The van der Waals surface area contributed by atoms with Crippen LogP contribution in [0.5, 0.6) is 0 Å². The molecule has 3 N–H and O–H groups in total. The van der Waals surface area contributed by atoms with Gasteiger partial charge in [0.15, 0.2) is 0 Å². The SMILES string of the molecule is Cl.NC1CC(CCO)C1. The van der Waals surface area contributed by atoms with Crippen molar-refractivity contribution in [3.63, 3.8) is 0 Å². The van der Waals surface area contributed by atoms with Crippen molar-refractivity contribution in [2.45, 2.75) is 25.3 Å². The molecule has 0 aromatic heterocycles. The Kier molecular flexibility index (Phi) is 4.19.